The summed E-state index contributed by atoms with van der Waals surface area (Å²) in [5.41, 5.74) is 1.17. The van der Waals surface area contributed by atoms with Crippen LogP contribution in [-0.4, -0.2) is 13.7 Å². The van der Waals surface area contributed by atoms with E-state index in [9.17, 15) is 0 Å². The Kier molecular flexibility index (Phi) is 2.92. The molecule has 94 valence electrons. The first-order valence-corrected chi connectivity index (χ1v) is 6.61. The van der Waals surface area contributed by atoms with Gasteiger partial charge in [-0.3, -0.25) is 0 Å². The lowest BCUT2D eigenvalue weighted by molar-refractivity contribution is 0.196. The summed E-state index contributed by atoms with van der Waals surface area (Å²) in [6, 6.07) is 10.5. The summed E-state index contributed by atoms with van der Waals surface area (Å²) < 4.78 is 5.94. The third kappa shape index (κ3) is 1.68. The van der Waals surface area contributed by atoms with E-state index in [1.807, 2.05) is 31.3 Å². The maximum Gasteiger partial charge on any atom is 0.132 e. The second-order valence-corrected chi connectivity index (χ2v) is 5.28. The smallest absolute Gasteiger partial charge is 0.132 e. The van der Waals surface area contributed by atoms with Gasteiger partial charge in [0.1, 0.15) is 5.75 Å². The van der Waals surface area contributed by atoms with E-state index in [1.54, 1.807) is 0 Å². The van der Waals surface area contributed by atoms with Crippen LogP contribution in [0.3, 0.4) is 0 Å². The summed E-state index contributed by atoms with van der Waals surface area (Å²) in [5.74, 6) is 1.42. The highest BCUT2D eigenvalue weighted by Crippen LogP contribution is 2.42. The molecule has 2 unspecified atom stereocenters. The van der Waals surface area contributed by atoms with Crippen molar-refractivity contribution in [3.8, 4) is 5.75 Å². The molecule has 2 atom stereocenters. The van der Waals surface area contributed by atoms with E-state index in [4.69, 9.17) is 16.3 Å². The van der Waals surface area contributed by atoms with Crippen LogP contribution in [-0.2, 0) is 0 Å². The molecule has 1 heterocycles. The Balaban J connectivity index is 2.30. The molecule has 0 amide bonds. The topological polar surface area (TPSA) is 21.3 Å². The van der Waals surface area contributed by atoms with Crippen molar-refractivity contribution in [2.75, 3.05) is 13.7 Å². The van der Waals surface area contributed by atoms with Crippen molar-refractivity contribution in [1.29, 1.82) is 0 Å². The fourth-order valence-corrected chi connectivity index (χ4v) is 3.06. The minimum Gasteiger partial charge on any atom is -0.492 e. The highest BCUT2D eigenvalue weighted by atomic mass is 35.5. The van der Waals surface area contributed by atoms with Gasteiger partial charge in [-0.1, -0.05) is 42.8 Å². The largest absolute Gasteiger partial charge is 0.492 e. The number of hydrogen-bond donors (Lipinski definition) is 1. The van der Waals surface area contributed by atoms with Crippen LogP contribution in [0, 0.1) is 5.92 Å². The number of fused-ring (bicyclic) bond motifs is 3. The van der Waals surface area contributed by atoms with Gasteiger partial charge < -0.3 is 10.1 Å². The molecule has 1 aliphatic rings. The van der Waals surface area contributed by atoms with Crippen molar-refractivity contribution in [2.24, 2.45) is 5.92 Å². The first-order valence-electron chi connectivity index (χ1n) is 6.23. The molecule has 1 N–H and O–H groups in total. The maximum atomic E-state index is 6.38. The van der Waals surface area contributed by atoms with Gasteiger partial charge in [-0.25, -0.2) is 0 Å². The van der Waals surface area contributed by atoms with Gasteiger partial charge in [-0.05, 0) is 13.1 Å². The zero-order valence-electron chi connectivity index (χ0n) is 10.5. The summed E-state index contributed by atoms with van der Waals surface area (Å²) in [6.45, 7) is 2.93. The summed E-state index contributed by atoms with van der Waals surface area (Å²) >= 11 is 6.38. The minimum atomic E-state index is 0.302. The molecule has 1 aliphatic heterocycles. The minimum absolute atomic E-state index is 0.302. The standard InChI is InChI=1S/C15H16ClNO/c1-9-8-18-15-11-6-4-3-5-10(11)13(16)7-12(15)14(9)17-2/h3-7,9,14,17H,8H2,1-2H3. The van der Waals surface area contributed by atoms with Crippen LogP contribution in [0.4, 0.5) is 0 Å². The van der Waals surface area contributed by atoms with Crippen molar-refractivity contribution >= 4 is 22.4 Å². The zero-order valence-corrected chi connectivity index (χ0v) is 11.3. The number of benzene rings is 2. The van der Waals surface area contributed by atoms with E-state index in [2.05, 4.69) is 18.3 Å². The Hall–Kier alpha value is -1.25. The number of rotatable bonds is 1. The van der Waals surface area contributed by atoms with Gasteiger partial charge in [0.2, 0.25) is 0 Å². The lowest BCUT2D eigenvalue weighted by atomic mass is 9.90. The van der Waals surface area contributed by atoms with E-state index in [0.717, 1.165) is 28.2 Å². The summed E-state index contributed by atoms with van der Waals surface area (Å²) in [7, 11) is 1.99. The van der Waals surface area contributed by atoms with Crippen molar-refractivity contribution in [2.45, 2.75) is 13.0 Å². The Morgan fingerprint density at radius 1 is 1.28 bits per heavy atom. The molecule has 3 rings (SSSR count). The highest BCUT2D eigenvalue weighted by Gasteiger charge is 2.28. The number of hydrogen-bond acceptors (Lipinski definition) is 2. The fourth-order valence-electron chi connectivity index (χ4n) is 2.77. The molecule has 0 radical (unpaired) electrons. The molecule has 0 aromatic heterocycles. The van der Waals surface area contributed by atoms with Crippen LogP contribution in [0.1, 0.15) is 18.5 Å². The van der Waals surface area contributed by atoms with Crippen molar-refractivity contribution < 1.29 is 4.74 Å². The molecule has 18 heavy (non-hydrogen) atoms. The van der Waals surface area contributed by atoms with E-state index < -0.39 is 0 Å². The third-order valence-electron chi connectivity index (χ3n) is 3.68. The molecule has 2 aromatic carbocycles. The van der Waals surface area contributed by atoms with Crippen molar-refractivity contribution in [3.05, 3.63) is 40.9 Å². The molecule has 0 aliphatic carbocycles. The van der Waals surface area contributed by atoms with E-state index in [0.29, 0.717) is 12.0 Å². The zero-order chi connectivity index (χ0) is 12.7. The van der Waals surface area contributed by atoms with Gasteiger partial charge in [0, 0.05) is 33.3 Å². The average Bonchev–Trinajstić information content (AvgIpc) is 2.39. The fraction of sp³-hybridized carbons (Fsp3) is 0.333. The van der Waals surface area contributed by atoms with Crippen LogP contribution in [0.2, 0.25) is 5.02 Å². The van der Waals surface area contributed by atoms with E-state index >= 15 is 0 Å². The Labute approximate surface area is 112 Å². The molecule has 0 fully saturated rings. The van der Waals surface area contributed by atoms with Gasteiger partial charge >= 0.3 is 0 Å². The summed E-state index contributed by atoms with van der Waals surface area (Å²) in [5, 5.41) is 6.32. The second kappa shape index (κ2) is 4.45. The lowest BCUT2D eigenvalue weighted by Crippen LogP contribution is -2.31. The molecular formula is C15H16ClNO. The predicted molar refractivity (Wildman–Crippen MR) is 75.4 cm³/mol. The predicted octanol–water partition coefficient (Wildman–Crippen LogP) is 3.78. The van der Waals surface area contributed by atoms with Crippen molar-refractivity contribution in [1.82, 2.24) is 5.32 Å². The van der Waals surface area contributed by atoms with Crippen LogP contribution < -0.4 is 10.1 Å². The molecule has 3 heteroatoms. The molecule has 2 aromatic rings. The first kappa shape index (κ1) is 11.8. The summed E-state index contributed by atoms with van der Waals surface area (Å²) in [4.78, 5) is 0. The summed E-state index contributed by atoms with van der Waals surface area (Å²) in [6.07, 6.45) is 0. The molecule has 0 saturated carbocycles. The lowest BCUT2D eigenvalue weighted by Gasteiger charge is -2.32. The Morgan fingerprint density at radius 3 is 2.72 bits per heavy atom. The monoisotopic (exact) mass is 261 g/mol. The van der Waals surface area contributed by atoms with Gasteiger partial charge in [-0.15, -0.1) is 0 Å². The first-order chi connectivity index (χ1) is 8.72. The average molecular weight is 262 g/mol. The third-order valence-corrected chi connectivity index (χ3v) is 3.99. The highest BCUT2D eigenvalue weighted by molar-refractivity contribution is 6.36. The van der Waals surface area contributed by atoms with Crippen LogP contribution in [0.25, 0.3) is 10.8 Å². The van der Waals surface area contributed by atoms with Crippen LogP contribution in [0.15, 0.2) is 30.3 Å². The molecular weight excluding hydrogens is 246 g/mol. The molecule has 0 saturated heterocycles. The van der Waals surface area contributed by atoms with E-state index in [-0.39, 0.29) is 0 Å². The number of nitrogens with one attached hydrogen (secondary N) is 1. The van der Waals surface area contributed by atoms with Gasteiger partial charge in [0.05, 0.1) is 6.61 Å². The second-order valence-electron chi connectivity index (χ2n) is 4.88. The van der Waals surface area contributed by atoms with Crippen LogP contribution >= 0.6 is 11.6 Å². The van der Waals surface area contributed by atoms with E-state index in [1.165, 1.54) is 5.56 Å². The molecule has 2 nitrogen and oxygen atoms in total. The normalized spacial score (nSPS) is 22.6. The van der Waals surface area contributed by atoms with Gasteiger partial charge in [0.25, 0.3) is 0 Å². The maximum absolute atomic E-state index is 6.38. The van der Waals surface area contributed by atoms with Gasteiger partial charge in [0.15, 0.2) is 0 Å². The molecule has 0 spiro atoms. The van der Waals surface area contributed by atoms with Gasteiger partial charge in [-0.2, -0.15) is 0 Å². The SMILES string of the molecule is CNC1c2cc(Cl)c3ccccc3c2OCC1C. The quantitative estimate of drug-likeness (QED) is 0.844. The van der Waals surface area contributed by atoms with Crippen LogP contribution in [0.5, 0.6) is 5.75 Å². The Bertz CT molecular complexity index is 596. The number of halogens is 1. The van der Waals surface area contributed by atoms with Crippen molar-refractivity contribution in [3.63, 3.8) is 0 Å². The molecule has 0 bridgehead atoms. The Morgan fingerprint density at radius 2 is 2.00 bits per heavy atom. The number of ether oxygens (including phenoxy) is 1.